The van der Waals surface area contributed by atoms with E-state index in [1.165, 1.54) is 7.11 Å². The molecule has 1 saturated heterocycles. The second kappa shape index (κ2) is 9.86. The van der Waals surface area contributed by atoms with E-state index >= 15 is 0 Å². The number of allylic oxidation sites excluding steroid dienone is 1. The van der Waals surface area contributed by atoms with Gasteiger partial charge >= 0.3 is 5.97 Å². The monoisotopic (exact) mass is 508 g/mol. The lowest BCUT2D eigenvalue weighted by molar-refractivity contribution is -0.142. The highest BCUT2D eigenvalue weighted by Gasteiger charge is 2.48. The maximum atomic E-state index is 13.7. The lowest BCUT2D eigenvalue weighted by Gasteiger charge is -2.32. The van der Waals surface area contributed by atoms with Crippen LogP contribution in [0.2, 0.25) is 5.02 Å². The topological polar surface area (TPSA) is 126 Å². The number of nitriles is 1. The van der Waals surface area contributed by atoms with Crippen molar-refractivity contribution in [2.24, 2.45) is 5.73 Å². The number of esters is 1. The largest absolute Gasteiger partial charge is 0.469 e. The van der Waals surface area contributed by atoms with Crippen molar-refractivity contribution in [3.63, 3.8) is 0 Å². The third-order valence-electron chi connectivity index (χ3n) is 5.71. The zero-order valence-electron chi connectivity index (χ0n) is 18.9. The number of halogens is 1. The molecule has 0 aliphatic carbocycles. The molecule has 2 atom stereocenters. The van der Waals surface area contributed by atoms with Crippen LogP contribution in [0.3, 0.4) is 0 Å². The summed E-state index contributed by atoms with van der Waals surface area (Å²) in [5, 5.41) is 12.7. The molecule has 2 aliphatic heterocycles. The fourth-order valence-corrected chi connectivity index (χ4v) is 5.66. The summed E-state index contributed by atoms with van der Waals surface area (Å²) in [6, 6.07) is 16.2. The first-order valence-corrected chi connectivity index (χ1v) is 11.9. The highest BCUT2D eigenvalue weighted by atomic mass is 35.5. The number of nitrogens with zero attached hydrogens (tertiary/aromatic N) is 2. The number of hydrogen-bond acceptors (Lipinski definition) is 7. The van der Waals surface area contributed by atoms with Gasteiger partial charge in [-0.2, -0.15) is 5.26 Å². The lowest BCUT2D eigenvalue weighted by atomic mass is 9.82. The van der Waals surface area contributed by atoms with Crippen molar-refractivity contribution in [3.8, 4) is 6.07 Å². The Labute approximate surface area is 211 Å². The van der Waals surface area contributed by atoms with Gasteiger partial charge in [-0.3, -0.25) is 19.3 Å². The van der Waals surface area contributed by atoms with Crippen LogP contribution in [-0.4, -0.2) is 35.0 Å². The number of carbonyl (C=O) groups is 3. The molecule has 1 fully saturated rings. The Balaban J connectivity index is 1.90. The number of anilines is 1. The molecule has 0 aromatic heterocycles. The normalized spacial score (nSPS) is 19.4. The first-order valence-electron chi connectivity index (χ1n) is 10.6. The number of ether oxygens (including phenoxy) is 1. The Morgan fingerprint density at radius 2 is 2.00 bits per heavy atom. The van der Waals surface area contributed by atoms with Gasteiger partial charge in [0, 0.05) is 10.7 Å². The average molecular weight is 509 g/mol. The molecule has 4 rings (SSSR count). The van der Waals surface area contributed by atoms with Crippen molar-refractivity contribution in [1.82, 2.24) is 4.90 Å². The van der Waals surface area contributed by atoms with E-state index in [1.807, 2.05) is 13.0 Å². The Morgan fingerprint density at radius 3 is 2.66 bits per heavy atom. The molecular formula is C25H21ClN4O4S. The van der Waals surface area contributed by atoms with Crippen LogP contribution in [0.4, 0.5) is 5.69 Å². The van der Waals surface area contributed by atoms with Gasteiger partial charge in [-0.1, -0.05) is 53.7 Å². The van der Waals surface area contributed by atoms with Gasteiger partial charge in [0.1, 0.15) is 11.1 Å². The summed E-state index contributed by atoms with van der Waals surface area (Å²) in [4.78, 5) is 40.0. The molecule has 2 aromatic carbocycles. The molecule has 178 valence electrons. The third kappa shape index (κ3) is 4.50. The predicted octanol–water partition coefficient (Wildman–Crippen LogP) is 3.80. The molecule has 35 heavy (non-hydrogen) atoms. The Bertz CT molecular complexity index is 1350. The molecule has 3 N–H and O–H groups in total. The molecule has 2 heterocycles. The number of nitrogens with one attached hydrogen (secondary N) is 1. The first kappa shape index (κ1) is 24.4. The van der Waals surface area contributed by atoms with Crippen LogP contribution in [0, 0.1) is 18.3 Å². The molecule has 10 heteroatoms. The van der Waals surface area contributed by atoms with Crippen LogP contribution < -0.4 is 11.1 Å². The van der Waals surface area contributed by atoms with E-state index in [0.717, 1.165) is 22.2 Å². The molecule has 2 aromatic rings. The van der Waals surface area contributed by atoms with Crippen molar-refractivity contribution in [1.29, 1.82) is 5.26 Å². The first-order chi connectivity index (χ1) is 16.8. The number of nitrogens with two attached hydrogens (primary N) is 1. The predicted molar refractivity (Wildman–Crippen MR) is 133 cm³/mol. The second-order valence-corrected chi connectivity index (χ2v) is 9.57. The van der Waals surface area contributed by atoms with Gasteiger partial charge in [0.2, 0.25) is 5.91 Å². The van der Waals surface area contributed by atoms with Gasteiger partial charge in [-0.25, -0.2) is 0 Å². The number of benzene rings is 2. The summed E-state index contributed by atoms with van der Waals surface area (Å²) in [6.07, 6.45) is -0.210. The maximum absolute atomic E-state index is 13.7. The smallest absolute Gasteiger partial charge is 0.307 e. The van der Waals surface area contributed by atoms with Crippen molar-refractivity contribution in [2.75, 3.05) is 12.4 Å². The summed E-state index contributed by atoms with van der Waals surface area (Å²) in [7, 11) is 1.23. The fourth-order valence-electron chi connectivity index (χ4n) is 4.09. The number of fused-ring (bicyclic) bond motifs is 1. The summed E-state index contributed by atoms with van der Waals surface area (Å²) < 4.78 is 4.72. The Morgan fingerprint density at radius 1 is 1.26 bits per heavy atom. The molecule has 0 saturated carbocycles. The minimum atomic E-state index is -0.915. The lowest BCUT2D eigenvalue weighted by Crippen LogP contribution is -2.39. The highest BCUT2D eigenvalue weighted by molar-refractivity contribution is 8.04. The van der Waals surface area contributed by atoms with E-state index in [0.29, 0.717) is 16.3 Å². The third-order valence-corrected chi connectivity index (χ3v) is 7.34. The number of thioether (sulfide) groups is 1. The highest BCUT2D eigenvalue weighted by Crippen LogP contribution is 2.50. The minimum Gasteiger partial charge on any atom is -0.469 e. The minimum absolute atomic E-state index is 0.0175. The van der Waals surface area contributed by atoms with Crippen molar-refractivity contribution < 1.29 is 19.1 Å². The van der Waals surface area contributed by atoms with Crippen molar-refractivity contribution in [2.45, 2.75) is 24.5 Å². The summed E-state index contributed by atoms with van der Waals surface area (Å²) in [5.74, 6) is -2.60. The van der Waals surface area contributed by atoms with E-state index in [2.05, 4.69) is 11.4 Å². The molecule has 2 aliphatic rings. The van der Waals surface area contributed by atoms with Crippen LogP contribution in [0.5, 0.6) is 0 Å². The summed E-state index contributed by atoms with van der Waals surface area (Å²) in [5.41, 5.74) is 8.49. The molecule has 2 amide bonds. The Kier molecular flexibility index (Phi) is 6.87. The van der Waals surface area contributed by atoms with Gasteiger partial charge in [-0.05, 0) is 36.2 Å². The number of rotatable bonds is 5. The maximum Gasteiger partial charge on any atom is 0.307 e. The number of methoxy groups -OCH3 is 1. The van der Waals surface area contributed by atoms with Crippen LogP contribution in [0.1, 0.15) is 23.5 Å². The SMILES string of the molecule is COC(=O)C[C@H]1SC2=C(C(=O)Nc3cccc(C)c3)[C@H](c3ccccc3Cl)C(C#N)=C(N)N2C1=O. The molecular weight excluding hydrogens is 488 g/mol. The van der Waals surface area contributed by atoms with E-state index in [1.54, 1.807) is 42.5 Å². The number of aryl methyl sites for hydroxylation is 1. The van der Waals surface area contributed by atoms with E-state index in [-0.39, 0.29) is 28.4 Å². The standard InChI is InChI=1S/C25H21ClN4O4S/c1-13-6-5-7-14(10-13)29-23(32)21-20(15-8-3-4-9-17(15)26)16(12-27)22(28)30-24(33)18(35-25(21)30)11-19(31)34-2/h3-10,18,20H,11,28H2,1-2H3,(H,29,32)/t18-,20-/m1/s1. The zero-order valence-corrected chi connectivity index (χ0v) is 20.4. The van der Waals surface area contributed by atoms with Gasteiger partial charge in [0.15, 0.2) is 0 Å². The quantitative estimate of drug-likeness (QED) is 0.588. The molecule has 0 unspecified atom stereocenters. The molecule has 8 nitrogen and oxygen atoms in total. The van der Waals surface area contributed by atoms with Crippen LogP contribution in [-0.2, 0) is 19.1 Å². The Hall–Kier alpha value is -3.74. The van der Waals surface area contributed by atoms with E-state index in [9.17, 15) is 19.6 Å². The molecule has 0 bridgehead atoms. The van der Waals surface area contributed by atoms with E-state index in [4.69, 9.17) is 22.1 Å². The number of hydrogen-bond donors (Lipinski definition) is 2. The number of carbonyl (C=O) groups excluding carboxylic acids is 3. The fraction of sp³-hybridized carbons (Fsp3) is 0.200. The van der Waals surface area contributed by atoms with E-state index < -0.39 is 29.0 Å². The van der Waals surface area contributed by atoms with Gasteiger partial charge in [-0.15, -0.1) is 0 Å². The summed E-state index contributed by atoms with van der Waals surface area (Å²) >= 11 is 7.54. The van der Waals surface area contributed by atoms with Gasteiger partial charge in [0.25, 0.3) is 5.91 Å². The molecule has 0 spiro atoms. The average Bonchev–Trinajstić information content (AvgIpc) is 3.14. The van der Waals surface area contributed by atoms with Crippen molar-refractivity contribution >= 4 is 46.8 Å². The number of amides is 2. The van der Waals surface area contributed by atoms with Crippen LogP contribution >= 0.6 is 23.4 Å². The second-order valence-electron chi connectivity index (χ2n) is 7.97. The van der Waals surface area contributed by atoms with Gasteiger partial charge in [0.05, 0.1) is 41.7 Å². The zero-order chi connectivity index (χ0) is 25.3. The van der Waals surface area contributed by atoms with Crippen molar-refractivity contribution in [3.05, 3.63) is 86.7 Å². The van der Waals surface area contributed by atoms with Crippen LogP contribution in [0.15, 0.2) is 70.5 Å². The molecule has 0 radical (unpaired) electrons. The summed E-state index contributed by atoms with van der Waals surface area (Å²) in [6.45, 7) is 1.90. The van der Waals surface area contributed by atoms with Crippen LogP contribution in [0.25, 0.3) is 0 Å². The van der Waals surface area contributed by atoms with Gasteiger partial charge < -0.3 is 15.8 Å².